The van der Waals surface area contributed by atoms with Crippen LogP contribution in [-0.4, -0.2) is 10.7 Å². The van der Waals surface area contributed by atoms with Crippen LogP contribution in [0.3, 0.4) is 0 Å². The minimum atomic E-state index is 0.922. The van der Waals surface area contributed by atoms with Gasteiger partial charge < -0.3 is 4.98 Å². The Morgan fingerprint density at radius 2 is 2.13 bits per heavy atom. The van der Waals surface area contributed by atoms with E-state index in [1.807, 2.05) is 30.4 Å². The van der Waals surface area contributed by atoms with Crippen LogP contribution in [0.25, 0.3) is 12.7 Å². The Balaban J connectivity index is 2.38. The predicted octanol–water partition coefficient (Wildman–Crippen LogP) is 1.51. The highest BCUT2D eigenvalue weighted by atomic mass is 14.8. The maximum absolute atomic E-state index is 4.48. The van der Waals surface area contributed by atoms with Crippen molar-refractivity contribution < 1.29 is 0 Å². The molecule has 0 aromatic carbocycles. The molecule has 2 heterocycles. The van der Waals surface area contributed by atoms with E-state index in [0.717, 1.165) is 22.1 Å². The molecule has 1 aliphatic heterocycles. The average Bonchev–Trinajstić information content (AvgIpc) is 2.76. The van der Waals surface area contributed by atoms with E-state index in [2.05, 4.69) is 30.4 Å². The number of hydrogen-bond donors (Lipinski definition) is 1. The fourth-order valence-electron chi connectivity index (χ4n) is 1.44. The third kappa shape index (κ3) is 2.15. The smallest absolute Gasteiger partial charge is 0.0658 e. The van der Waals surface area contributed by atoms with Crippen LogP contribution in [0.1, 0.15) is 13.8 Å². The van der Waals surface area contributed by atoms with E-state index in [4.69, 9.17) is 0 Å². The second kappa shape index (κ2) is 3.73. The fourth-order valence-corrected chi connectivity index (χ4v) is 1.44. The van der Waals surface area contributed by atoms with Crippen LogP contribution in [0.15, 0.2) is 40.5 Å². The van der Waals surface area contributed by atoms with Gasteiger partial charge in [0.2, 0.25) is 0 Å². The molecule has 0 atom stereocenters. The monoisotopic (exact) mass is 198 g/mol. The largest absolute Gasteiger partial charge is 0.356 e. The lowest BCUT2D eigenvalue weighted by Gasteiger charge is -1.91. The van der Waals surface area contributed by atoms with Gasteiger partial charge in [0.15, 0.2) is 0 Å². The number of aliphatic imine (C=N–C) groups is 1. The number of aromatic amines is 1. The van der Waals surface area contributed by atoms with Crippen LogP contribution in [0.5, 0.6) is 0 Å². The average molecular weight is 198 g/mol. The van der Waals surface area contributed by atoms with Crippen molar-refractivity contribution in [3.63, 3.8) is 0 Å². The lowest BCUT2D eigenvalue weighted by molar-refractivity contribution is 1.27. The standard InChI is InChI=1S/C13H14N2/c1-9(2)13-7-6-12(15-13)8-11-5-4-10(3)14-11/h4-8,14H,3H2,1-2H3/b11-8-. The number of nitrogens with zero attached hydrogens (tertiary/aromatic N) is 1. The summed E-state index contributed by atoms with van der Waals surface area (Å²) < 4.78 is 0. The van der Waals surface area contributed by atoms with E-state index in [1.54, 1.807) is 0 Å². The SMILES string of the molecule is C=c1cc/c(=C/C2=NC(=C(C)C)C=C2)[nH]1. The Morgan fingerprint density at radius 1 is 1.33 bits per heavy atom. The van der Waals surface area contributed by atoms with Crippen molar-refractivity contribution >= 4 is 18.4 Å². The van der Waals surface area contributed by atoms with Crippen molar-refractivity contribution in [1.29, 1.82) is 0 Å². The van der Waals surface area contributed by atoms with Crippen molar-refractivity contribution in [3.05, 3.63) is 46.3 Å². The molecule has 76 valence electrons. The van der Waals surface area contributed by atoms with Crippen molar-refractivity contribution in [2.45, 2.75) is 13.8 Å². The highest BCUT2D eigenvalue weighted by Gasteiger charge is 2.02. The first-order chi connectivity index (χ1) is 7.15. The zero-order chi connectivity index (χ0) is 10.8. The normalized spacial score (nSPS) is 16.0. The van der Waals surface area contributed by atoms with Crippen molar-refractivity contribution in [1.82, 2.24) is 4.98 Å². The summed E-state index contributed by atoms with van der Waals surface area (Å²) in [5.41, 5.74) is 3.27. The van der Waals surface area contributed by atoms with Crippen LogP contribution in [0.4, 0.5) is 0 Å². The van der Waals surface area contributed by atoms with Gasteiger partial charge in [-0.15, -0.1) is 0 Å². The molecule has 1 aliphatic rings. The summed E-state index contributed by atoms with van der Waals surface area (Å²) >= 11 is 0. The molecule has 2 nitrogen and oxygen atoms in total. The van der Waals surface area contributed by atoms with E-state index < -0.39 is 0 Å². The van der Waals surface area contributed by atoms with Gasteiger partial charge in [-0.3, -0.25) is 0 Å². The van der Waals surface area contributed by atoms with Gasteiger partial charge in [0.05, 0.1) is 11.4 Å². The molecule has 15 heavy (non-hydrogen) atoms. The molecule has 0 amide bonds. The van der Waals surface area contributed by atoms with Crippen molar-refractivity contribution in [2.24, 2.45) is 4.99 Å². The van der Waals surface area contributed by atoms with E-state index in [1.165, 1.54) is 5.57 Å². The second-order valence-electron chi connectivity index (χ2n) is 3.84. The number of allylic oxidation sites excluding steroid dienone is 3. The molecular formula is C13H14N2. The molecule has 2 rings (SSSR count). The van der Waals surface area contributed by atoms with E-state index in [-0.39, 0.29) is 0 Å². The Morgan fingerprint density at radius 3 is 2.67 bits per heavy atom. The van der Waals surface area contributed by atoms with E-state index in [0.29, 0.717) is 0 Å². The third-order valence-electron chi connectivity index (χ3n) is 2.25. The molecular weight excluding hydrogens is 184 g/mol. The van der Waals surface area contributed by atoms with Crippen LogP contribution >= 0.6 is 0 Å². The number of rotatable bonds is 1. The Bertz CT molecular complexity index is 564. The first-order valence-electron chi connectivity index (χ1n) is 4.95. The highest BCUT2D eigenvalue weighted by molar-refractivity contribution is 6.19. The van der Waals surface area contributed by atoms with Crippen LogP contribution in [-0.2, 0) is 0 Å². The minimum absolute atomic E-state index is 0.922. The van der Waals surface area contributed by atoms with Crippen molar-refractivity contribution in [3.8, 4) is 0 Å². The predicted molar refractivity (Wildman–Crippen MR) is 65.0 cm³/mol. The summed E-state index contributed by atoms with van der Waals surface area (Å²) in [5, 5.41) is 1.96. The third-order valence-corrected chi connectivity index (χ3v) is 2.25. The summed E-state index contributed by atoms with van der Waals surface area (Å²) in [7, 11) is 0. The molecule has 0 saturated heterocycles. The maximum atomic E-state index is 4.48. The molecule has 0 fully saturated rings. The van der Waals surface area contributed by atoms with Gasteiger partial charge in [-0.05, 0) is 44.2 Å². The van der Waals surface area contributed by atoms with E-state index >= 15 is 0 Å². The second-order valence-corrected chi connectivity index (χ2v) is 3.84. The zero-order valence-electron chi connectivity index (χ0n) is 9.04. The topological polar surface area (TPSA) is 28.1 Å². The fraction of sp³-hybridized carbons (Fsp3) is 0.154. The lowest BCUT2D eigenvalue weighted by atomic mass is 10.2. The van der Waals surface area contributed by atoms with Gasteiger partial charge in [0.1, 0.15) is 0 Å². The van der Waals surface area contributed by atoms with Crippen LogP contribution < -0.4 is 10.7 Å². The van der Waals surface area contributed by atoms with Crippen LogP contribution in [0, 0.1) is 0 Å². The number of H-pyrrole nitrogens is 1. The molecule has 1 N–H and O–H groups in total. The quantitative estimate of drug-likeness (QED) is 0.708. The molecule has 0 bridgehead atoms. The zero-order valence-corrected chi connectivity index (χ0v) is 9.04. The first kappa shape index (κ1) is 9.71. The summed E-state index contributed by atoms with van der Waals surface area (Å²) in [6.07, 6.45) is 6.07. The molecule has 0 saturated carbocycles. The minimum Gasteiger partial charge on any atom is -0.356 e. The van der Waals surface area contributed by atoms with Gasteiger partial charge in [0, 0.05) is 10.7 Å². The number of nitrogens with one attached hydrogen (secondary N) is 1. The summed E-state index contributed by atoms with van der Waals surface area (Å²) in [4.78, 5) is 7.63. The van der Waals surface area contributed by atoms with Gasteiger partial charge in [-0.25, -0.2) is 4.99 Å². The Labute approximate surface area is 89.1 Å². The van der Waals surface area contributed by atoms with Gasteiger partial charge in [0.25, 0.3) is 0 Å². The Kier molecular flexibility index (Phi) is 2.42. The summed E-state index contributed by atoms with van der Waals surface area (Å²) in [6, 6.07) is 3.95. The first-order valence-corrected chi connectivity index (χ1v) is 4.95. The van der Waals surface area contributed by atoms with Crippen molar-refractivity contribution in [2.75, 3.05) is 0 Å². The molecule has 0 radical (unpaired) electrons. The molecule has 1 aromatic rings. The number of hydrogen-bond acceptors (Lipinski definition) is 1. The van der Waals surface area contributed by atoms with Gasteiger partial charge >= 0.3 is 0 Å². The van der Waals surface area contributed by atoms with Gasteiger partial charge in [-0.2, -0.15) is 0 Å². The Hall–Kier alpha value is -1.83. The number of aromatic nitrogens is 1. The summed E-state index contributed by atoms with van der Waals surface area (Å²) in [5.74, 6) is 0. The lowest BCUT2D eigenvalue weighted by Crippen LogP contribution is -2.09. The van der Waals surface area contributed by atoms with E-state index in [9.17, 15) is 0 Å². The molecule has 0 unspecified atom stereocenters. The maximum Gasteiger partial charge on any atom is 0.0658 e. The molecule has 1 aromatic heterocycles. The molecule has 0 spiro atoms. The van der Waals surface area contributed by atoms with Gasteiger partial charge in [-0.1, -0.05) is 12.2 Å². The van der Waals surface area contributed by atoms with Crippen LogP contribution in [0.2, 0.25) is 0 Å². The summed E-state index contributed by atoms with van der Waals surface area (Å²) in [6.45, 7) is 7.94. The molecule has 2 heteroatoms. The molecule has 0 aliphatic carbocycles. The highest BCUT2D eigenvalue weighted by Crippen LogP contribution is 2.13.